The van der Waals surface area contributed by atoms with Gasteiger partial charge in [-0.3, -0.25) is 4.79 Å². The van der Waals surface area contributed by atoms with Crippen LogP contribution in [0.4, 0.5) is 0 Å². The first-order chi connectivity index (χ1) is 15.2. The lowest BCUT2D eigenvalue weighted by Crippen LogP contribution is -2.59. The van der Waals surface area contributed by atoms with Crippen molar-refractivity contribution in [2.45, 2.75) is 88.4 Å². The molecule has 0 amide bonds. The first kappa shape index (κ1) is 26.3. The van der Waals surface area contributed by atoms with Crippen molar-refractivity contribution < 1.29 is 59.2 Å². The van der Waals surface area contributed by atoms with Crippen LogP contribution < -0.4 is 0 Å². The van der Waals surface area contributed by atoms with E-state index in [1.54, 1.807) is 0 Å². The average Bonchev–Trinajstić information content (AvgIpc) is 3.05. The third-order valence-corrected chi connectivity index (χ3v) is 5.25. The smallest absolute Gasteiger partial charge is 0.378 e. The molecule has 0 aromatic rings. The van der Waals surface area contributed by atoms with E-state index < -0.39 is 79.6 Å². The zero-order chi connectivity index (χ0) is 23.8. The van der Waals surface area contributed by atoms with E-state index in [9.17, 15) is 40.2 Å². The van der Waals surface area contributed by atoms with Gasteiger partial charge in [0.2, 0.25) is 12.0 Å². The molecule has 0 aromatic carbocycles. The van der Waals surface area contributed by atoms with Crippen LogP contribution in [0.2, 0.25) is 0 Å². The third kappa shape index (κ3) is 6.53. The Bertz CT molecular complexity index is 663. The van der Waals surface area contributed by atoms with Crippen molar-refractivity contribution >= 4 is 11.9 Å². The number of cyclic esters (lactones) is 1. The molecule has 2 heterocycles. The number of rotatable bonds is 12. The van der Waals surface area contributed by atoms with Crippen LogP contribution in [0.25, 0.3) is 0 Å². The van der Waals surface area contributed by atoms with Crippen molar-refractivity contribution in [1.29, 1.82) is 0 Å². The quantitative estimate of drug-likeness (QED) is 0.149. The Kier molecular flexibility index (Phi) is 10.1. The number of hydrogen-bond acceptors (Lipinski definition) is 12. The summed E-state index contributed by atoms with van der Waals surface area (Å²) in [5, 5.41) is 59.2. The van der Waals surface area contributed by atoms with Gasteiger partial charge in [0.05, 0.1) is 6.61 Å². The molecule has 0 aliphatic carbocycles. The predicted octanol–water partition coefficient (Wildman–Crippen LogP) is -1.24. The highest BCUT2D eigenvalue weighted by Gasteiger charge is 2.48. The monoisotopic (exact) mass is 464 g/mol. The standard InChI is InChI=1S/C20H32O12/c1-2-3-4-5-6-7-12(23)29-9-10(22)17-16(27)18(19(28)31-17)32-20-15(26)14(25)13(24)11(8-21)30-20/h10-11,13-15,17,20-22,24-27H,2-9H2,1H3/t10-,11+,13+,14-,15+,17+,20+/m0/s1. The Labute approximate surface area is 185 Å². The maximum absolute atomic E-state index is 12.1. The third-order valence-electron chi connectivity index (χ3n) is 5.25. The molecular weight excluding hydrogens is 432 g/mol. The summed E-state index contributed by atoms with van der Waals surface area (Å²) in [6.07, 6.45) is -6.51. The van der Waals surface area contributed by atoms with Gasteiger partial charge in [-0.2, -0.15) is 0 Å². The Morgan fingerprint density at radius 1 is 1.09 bits per heavy atom. The molecule has 7 atom stereocenters. The average molecular weight is 464 g/mol. The fourth-order valence-electron chi connectivity index (χ4n) is 3.32. The summed E-state index contributed by atoms with van der Waals surface area (Å²) < 4.78 is 20.0. The summed E-state index contributed by atoms with van der Waals surface area (Å²) in [5.74, 6) is -3.34. The van der Waals surface area contributed by atoms with Crippen LogP contribution in [0.5, 0.6) is 0 Å². The van der Waals surface area contributed by atoms with Gasteiger partial charge in [0.15, 0.2) is 11.9 Å². The number of carbonyl (C=O) groups excluding carboxylic acids is 2. The van der Waals surface area contributed by atoms with Gasteiger partial charge in [-0.1, -0.05) is 32.6 Å². The largest absolute Gasteiger partial charge is 0.505 e. The lowest BCUT2D eigenvalue weighted by atomic mass is 9.99. The molecule has 0 spiro atoms. The summed E-state index contributed by atoms with van der Waals surface area (Å²) in [7, 11) is 0. The molecule has 0 bridgehead atoms. The molecular formula is C20H32O12. The minimum atomic E-state index is -1.82. The molecule has 0 saturated carbocycles. The first-order valence-corrected chi connectivity index (χ1v) is 10.7. The van der Waals surface area contributed by atoms with Crippen molar-refractivity contribution in [3.63, 3.8) is 0 Å². The van der Waals surface area contributed by atoms with E-state index in [1.807, 2.05) is 0 Å². The number of esters is 2. The molecule has 0 radical (unpaired) electrons. The van der Waals surface area contributed by atoms with E-state index in [1.165, 1.54) is 0 Å². The molecule has 12 heteroatoms. The number of hydrogen-bond donors (Lipinski definition) is 6. The van der Waals surface area contributed by atoms with Crippen LogP contribution in [0.1, 0.15) is 45.4 Å². The molecule has 0 unspecified atom stereocenters. The highest BCUT2D eigenvalue weighted by atomic mass is 16.7. The predicted molar refractivity (Wildman–Crippen MR) is 105 cm³/mol. The highest BCUT2D eigenvalue weighted by molar-refractivity contribution is 5.89. The van der Waals surface area contributed by atoms with Crippen molar-refractivity contribution in [1.82, 2.24) is 0 Å². The van der Waals surface area contributed by atoms with E-state index in [0.29, 0.717) is 6.42 Å². The minimum Gasteiger partial charge on any atom is -0.505 e. The van der Waals surface area contributed by atoms with Crippen molar-refractivity contribution in [3.8, 4) is 0 Å². The topological polar surface area (TPSA) is 192 Å². The molecule has 184 valence electrons. The van der Waals surface area contributed by atoms with Gasteiger partial charge in [-0.15, -0.1) is 0 Å². The van der Waals surface area contributed by atoms with Crippen LogP contribution in [-0.4, -0.2) is 98.7 Å². The van der Waals surface area contributed by atoms with Crippen LogP contribution in [-0.2, 0) is 28.5 Å². The second-order valence-electron chi connectivity index (χ2n) is 7.77. The number of unbranched alkanes of at least 4 members (excludes halogenated alkanes) is 4. The molecule has 6 N–H and O–H groups in total. The van der Waals surface area contributed by atoms with Gasteiger partial charge in [0.25, 0.3) is 0 Å². The van der Waals surface area contributed by atoms with Gasteiger partial charge < -0.3 is 49.6 Å². The molecule has 1 saturated heterocycles. The van der Waals surface area contributed by atoms with Crippen LogP contribution in [0, 0.1) is 0 Å². The van der Waals surface area contributed by atoms with Gasteiger partial charge in [0.1, 0.15) is 37.1 Å². The normalized spacial score (nSPS) is 31.4. The second-order valence-corrected chi connectivity index (χ2v) is 7.77. The van der Waals surface area contributed by atoms with Gasteiger partial charge in [0, 0.05) is 6.42 Å². The molecule has 1 fully saturated rings. The fourth-order valence-corrected chi connectivity index (χ4v) is 3.32. The maximum Gasteiger partial charge on any atom is 0.378 e. The van der Waals surface area contributed by atoms with Gasteiger partial charge >= 0.3 is 11.9 Å². The van der Waals surface area contributed by atoms with Crippen molar-refractivity contribution in [2.75, 3.05) is 13.2 Å². The Hall–Kier alpha value is -1.96. The van der Waals surface area contributed by atoms with Gasteiger partial charge in [-0.05, 0) is 6.42 Å². The number of aliphatic hydroxyl groups is 6. The van der Waals surface area contributed by atoms with Crippen LogP contribution in [0.3, 0.4) is 0 Å². The van der Waals surface area contributed by atoms with E-state index in [-0.39, 0.29) is 6.42 Å². The summed E-state index contributed by atoms with van der Waals surface area (Å²) in [6, 6.07) is 0. The summed E-state index contributed by atoms with van der Waals surface area (Å²) in [4.78, 5) is 23.8. The molecule has 12 nitrogen and oxygen atoms in total. The fraction of sp³-hybridized carbons (Fsp3) is 0.800. The van der Waals surface area contributed by atoms with Crippen LogP contribution in [0.15, 0.2) is 11.5 Å². The van der Waals surface area contributed by atoms with E-state index >= 15 is 0 Å². The molecule has 2 aliphatic rings. The molecule has 2 aliphatic heterocycles. The zero-order valence-corrected chi connectivity index (χ0v) is 17.8. The maximum atomic E-state index is 12.1. The zero-order valence-electron chi connectivity index (χ0n) is 17.8. The SMILES string of the molecule is CCCCCCCC(=O)OC[C@H](O)[C@H]1OC(=O)C(O[C@H]2O[C@H](CO)[C@@H](O)[C@H](O)[C@H]2O)=C1O. The van der Waals surface area contributed by atoms with E-state index in [2.05, 4.69) is 6.92 Å². The summed E-state index contributed by atoms with van der Waals surface area (Å²) >= 11 is 0. The van der Waals surface area contributed by atoms with Crippen LogP contribution >= 0.6 is 0 Å². The van der Waals surface area contributed by atoms with E-state index in [0.717, 1.165) is 25.7 Å². The molecule has 0 aromatic heterocycles. The summed E-state index contributed by atoms with van der Waals surface area (Å²) in [6.45, 7) is 0.824. The van der Waals surface area contributed by atoms with E-state index in [4.69, 9.17) is 18.9 Å². The lowest BCUT2D eigenvalue weighted by molar-refractivity contribution is -0.291. The first-order valence-electron chi connectivity index (χ1n) is 10.7. The Balaban J connectivity index is 1.90. The van der Waals surface area contributed by atoms with Crippen molar-refractivity contribution in [2.24, 2.45) is 0 Å². The molecule has 32 heavy (non-hydrogen) atoms. The number of aliphatic hydroxyl groups excluding tert-OH is 6. The summed E-state index contributed by atoms with van der Waals surface area (Å²) in [5.41, 5.74) is 0. The van der Waals surface area contributed by atoms with Crippen molar-refractivity contribution in [3.05, 3.63) is 11.5 Å². The Morgan fingerprint density at radius 2 is 1.78 bits per heavy atom. The Morgan fingerprint density at radius 3 is 2.44 bits per heavy atom. The lowest BCUT2D eigenvalue weighted by Gasteiger charge is -2.39. The highest BCUT2D eigenvalue weighted by Crippen LogP contribution is 2.29. The van der Waals surface area contributed by atoms with Gasteiger partial charge in [-0.25, -0.2) is 4.79 Å². The minimum absolute atomic E-state index is 0.175. The molecule has 2 rings (SSSR count). The second kappa shape index (κ2) is 12.3. The number of carbonyl (C=O) groups is 2. The number of ether oxygens (including phenoxy) is 4.